The number of aryl methyl sites for hydroxylation is 2. The van der Waals surface area contributed by atoms with Gasteiger partial charge in [0, 0.05) is 37.9 Å². The van der Waals surface area contributed by atoms with Gasteiger partial charge in [-0.2, -0.15) is 4.31 Å². The van der Waals surface area contributed by atoms with Gasteiger partial charge in [-0.1, -0.05) is 12.1 Å². The third kappa shape index (κ3) is 3.89. The van der Waals surface area contributed by atoms with Crippen molar-refractivity contribution in [2.45, 2.75) is 18.7 Å². The highest BCUT2D eigenvalue weighted by molar-refractivity contribution is 7.89. The van der Waals surface area contributed by atoms with Crippen molar-refractivity contribution in [1.82, 2.24) is 4.31 Å². The quantitative estimate of drug-likeness (QED) is 0.786. The van der Waals surface area contributed by atoms with Crippen LogP contribution in [0.2, 0.25) is 0 Å². The Hall–Kier alpha value is -2.25. The molecule has 0 aromatic heterocycles. The van der Waals surface area contributed by atoms with Gasteiger partial charge in [-0.05, 0) is 43.2 Å². The van der Waals surface area contributed by atoms with Gasteiger partial charge in [0.25, 0.3) is 0 Å². The summed E-state index contributed by atoms with van der Waals surface area (Å²) < 4.78 is 38.3. The van der Waals surface area contributed by atoms with Crippen LogP contribution in [0.1, 0.15) is 11.1 Å². The molecule has 0 atom stereocenters. The van der Waals surface area contributed by atoms with E-state index >= 15 is 0 Å². The normalized spacial score (nSPS) is 15.6. The largest absolute Gasteiger partial charge is 0.497 e. The minimum Gasteiger partial charge on any atom is -0.497 e. The van der Waals surface area contributed by atoms with E-state index < -0.39 is 10.0 Å². The molecular weight excluding hydrogens is 364 g/mol. The van der Waals surface area contributed by atoms with E-state index in [1.165, 1.54) is 41.4 Å². The van der Waals surface area contributed by atoms with Crippen LogP contribution in [-0.2, 0) is 10.0 Å². The van der Waals surface area contributed by atoms with E-state index in [1.54, 1.807) is 12.1 Å². The van der Waals surface area contributed by atoms with Gasteiger partial charge in [0.15, 0.2) is 0 Å². The molecule has 1 fully saturated rings. The van der Waals surface area contributed by atoms with E-state index in [9.17, 15) is 8.42 Å². The summed E-state index contributed by atoms with van der Waals surface area (Å²) in [6.07, 6.45) is 0. The number of hydrogen-bond donors (Lipinski definition) is 0. The first kappa shape index (κ1) is 19.5. The molecule has 0 N–H and O–H groups in total. The Bertz CT molecular complexity index is 920. The van der Waals surface area contributed by atoms with Gasteiger partial charge in [0.05, 0.1) is 14.2 Å². The molecule has 1 aliphatic rings. The summed E-state index contributed by atoms with van der Waals surface area (Å²) in [5.41, 5.74) is 3.57. The molecule has 1 saturated heterocycles. The molecule has 0 radical (unpaired) electrons. The Morgan fingerprint density at radius 3 is 2.22 bits per heavy atom. The van der Waals surface area contributed by atoms with E-state index in [-0.39, 0.29) is 4.90 Å². The van der Waals surface area contributed by atoms with Crippen molar-refractivity contribution in [1.29, 1.82) is 0 Å². The number of hydrogen-bond acceptors (Lipinski definition) is 5. The van der Waals surface area contributed by atoms with E-state index in [0.717, 1.165) is 0 Å². The standard InChI is InChI=1S/C20H26N2O4S/c1-15-5-6-16(2)18(13-15)21-9-11-22(12-10-21)27(23,24)20-14-17(25-3)7-8-19(20)26-4/h5-8,13-14H,9-12H2,1-4H3. The third-order valence-corrected chi connectivity index (χ3v) is 6.85. The highest BCUT2D eigenvalue weighted by atomic mass is 32.2. The van der Waals surface area contributed by atoms with E-state index in [1.807, 2.05) is 0 Å². The first-order valence-corrected chi connectivity index (χ1v) is 10.3. The molecule has 2 aromatic carbocycles. The minimum absolute atomic E-state index is 0.143. The zero-order valence-electron chi connectivity index (χ0n) is 16.2. The Labute approximate surface area is 161 Å². The van der Waals surface area contributed by atoms with Crippen LogP contribution in [0, 0.1) is 13.8 Å². The van der Waals surface area contributed by atoms with Crippen LogP contribution in [0.25, 0.3) is 0 Å². The predicted octanol–water partition coefficient (Wildman–Crippen LogP) is 2.83. The molecule has 0 amide bonds. The molecule has 7 heteroatoms. The maximum Gasteiger partial charge on any atom is 0.247 e. The first-order valence-electron chi connectivity index (χ1n) is 8.91. The molecule has 1 aliphatic heterocycles. The van der Waals surface area contributed by atoms with Crippen LogP contribution in [0.5, 0.6) is 11.5 Å². The Kier molecular flexibility index (Phi) is 5.62. The van der Waals surface area contributed by atoms with Crippen molar-refractivity contribution in [2.24, 2.45) is 0 Å². The summed E-state index contributed by atoms with van der Waals surface area (Å²) in [6, 6.07) is 11.2. The van der Waals surface area contributed by atoms with Crippen molar-refractivity contribution in [2.75, 3.05) is 45.3 Å². The number of methoxy groups -OCH3 is 2. The van der Waals surface area contributed by atoms with Crippen LogP contribution in [0.3, 0.4) is 0 Å². The maximum absolute atomic E-state index is 13.2. The molecule has 0 saturated carbocycles. The van der Waals surface area contributed by atoms with Crippen LogP contribution in [-0.4, -0.2) is 53.1 Å². The lowest BCUT2D eigenvalue weighted by atomic mass is 10.1. The molecule has 0 bridgehead atoms. The lowest BCUT2D eigenvalue weighted by Gasteiger charge is -2.36. The smallest absolute Gasteiger partial charge is 0.247 e. The van der Waals surface area contributed by atoms with Gasteiger partial charge < -0.3 is 14.4 Å². The highest BCUT2D eigenvalue weighted by Crippen LogP contribution is 2.32. The average molecular weight is 391 g/mol. The topological polar surface area (TPSA) is 59.1 Å². The summed E-state index contributed by atoms with van der Waals surface area (Å²) in [5.74, 6) is 0.816. The highest BCUT2D eigenvalue weighted by Gasteiger charge is 2.31. The van der Waals surface area contributed by atoms with Crippen molar-refractivity contribution in [3.8, 4) is 11.5 Å². The van der Waals surface area contributed by atoms with Gasteiger partial charge >= 0.3 is 0 Å². The third-order valence-electron chi connectivity index (χ3n) is 4.93. The molecule has 6 nitrogen and oxygen atoms in total. The fourth-order valence-electron chi connectivity index (χ4n) is 3.35. The first-order chi connectivity index (χ1) is 12.9. The van der Waals surface area contributed by atoms with Crippen molar-refractivity contribution < 1.29 is 17.9 Å². The monoisotopic (exact) mass is 390 g/mol. The zero-order valence-corrected chi connectivity index (χ0v) is 17.0. The molecule has 1 heterocycles. The van der Waals surface area contributed by atoms with Gasteiger partial charge in [-0.25, -0.2) is 8.42 Å². The number of rotatable bonds is 5. The lowest BCUT2D eigenvalue weighted by Crippen LogP contribution is -2.48. The zero-order chi connectivity index (χ0) is 19.6. The van der Waals surface area contributed by atoms with Crippen LogP contribution in [0.4, 0.5) is 5.69 Å². The Morgan fingerprint density at radius 2 is 1.59 bits per heavy atom. The fraction of sp³-hybridized carbons (Fsp3) is 0.400. The molecule has 3 rings (SSSR count). The van der Waals surface area contributed by atoms with Crippen LogP contribution >= 0.6 is 0 Å². The Morgan fingerprint density at radius 1 is 0.889 bits per heavy atom. The van der Waals surface area contributed by atoms with E-state index in [0.29, 0.717) is 37.7 Å². The van der Waals surface area contributed by atoms with Crippen LogP contribution < -0.4 is 14.4 Å². The molecule has 0 aliphatic carbocycles. The van der Waals surface area contributed by atoms with Gasteiger partial charge in [0.2, 0.25) is 10.0 Å². The van der Waals surface area contributed by atoms with Crippen molar-refractivity contribution in [3.63, 3.8) is 0 Å². The molecule has 146 valence electrons. The molecular formula is C20H26N2O4S. The number of piperazine rings is 1. The lowest BCUT2D eigenvalue weighted by molar-refractivity contribution is 0.370. The summed E-state index contributed by atoms with van der Waals surface area (Å²) in [4.78, 5) is 2.39. The Balaban J connectivity index is 1.82. The van der Waals surface area contributed by atoms with Gasteiger partial charge in [-0.3, -0.25) is 0 Å². The minimum atomic E-state index is -3.66. The molecule has 27 heavy (non-hydrogen) atoms. The van der Waals surface area contributed by atoms with E-state index in [2.05, 4.69) is 36.9 Å². The van der Waals surface area contributed by atoms with Gasteiger partial charge in [-0.15, -0.1) is 0 Å². The summed E-state index contributed by atoms with van der Waals surface area (Å²) in [6.45, 7) is 6.30. The second-order valence-electron chi connectivity index (χ2n) is 6.70. The number of sulfonamides is 1. The number of ether oxygens (including phenoxy) is 2. The van der Waals surface area contributed by atoms with Crippen molar-refractivity contribution in [3.05, 3.63) is 47.5 Å². The maximum atomic E-state index is 13.2. The number of benzene rings is 2. The summed E-state index contributed by atoms with van der Waals surface area (Å²) in [7, 11) is -0.673. The van der Waals surface area contributed by atoms with E-state index in [4.69, 9.17) is 9.47 Å². The molecule has 2 aromatic rings. The molecule has 0 spiro atoms. The number of anilines is 1. The second-order valence-corrected chi connectivity index (χ2v) is 8.60. The van der Waals surface area contributed by atoms with Gasteiger partial charge in [0.1, 0.15) is 16.4 Å². The summed E-state index contributed by atoms with van der Waals surface area (Å²) >= 11 is 0. The SMILES string of the molecule is COc1ccc(OC)c(S(=O)(=O)N2CCN(c3cc(C)ccc3C)CC2)c1. The van der Waals surface area contributed by atoms with Crippen LogP contribution in [0.15, 0.2) is 41.3 Å². The second kappa shape index (κ2) is 7.78. The van der Waals surface area contributed by atoms with Crippen molar-refractivity contribution >= 4 is 15.7 Å². The number of nitrogens with zero attached hydrogens (tertiary/aromatic N) is 2. The fourth-order valence-corrected chi connectivity index (χ4v) is 4.95. The predicted molar refractivity (Wildman–Crippen MR) is 106 cm³/mol. The summed E-state index contributed by atoms with van der Waals surface area (Å²) in [5, 5.41) is 0. The average Bonchev–Trinajstić information content (AvgIpc) is 2.69. The molecule has 0 unspecified atom stereocenters.